The zero-order valence-electron chi connectivity index (χ0n) is 17.0. The Hall–Kier alpha value is -3.35. The molecule has 0 aliphatic rings. The molecule has 3 N–H and O–H groups in total. The van der Waals surface area contributed by atoms with Crippen LogP contribution in [0.25, 0.3) is 11.0 Å². The number of benzene rings is 2. The number of H-pyrrole nitrogens is 1. The summed E-state index contributed by atoms with van der Waals surface area (Å²) in [6.07, 6.45) is 0. The fraction of sp³-hybridized carbons (Fsp3) is 0.318. The Morgan fingerprint density at radius 2 is 1.76 bits per heavy atom. The molecule has 7 nitrogen and oxygen atoms in total. The highest BCUT2D eigenvalue weighted by molar-refractivity contribution is 5.87. The van der Waals surface area contributed by atoms with Gasteiger partial charge in [-0.05, 0) is 23.6 Å². The molecule has 2 aromatic carbocycles. The number of aromatic amines is 1. The number of aromatic nitrogens is 2. The van der Waals surface area contributed by atoms with Gasteiger partial charge in [0.05, 0.1) is 17.6 Å². The number of nitrogens with one attached hydrogen (secondary N) is 3. The van der Waals surface area contributed by atoms with E-state index < -0.39 is 6.04 Å². The largest absolute Gasteiger partial charge is 0.340 e. The number of nitrogens with zero attached hydrogens (tertiary/aromatic N) is 2. The zero-order chi connectivity index (χ0) is 20.8. The van der Waals surface area contributed by atoms with Crippen molar-refractivity contribution in [3.05, 3.63) is 66.0 Å². The van der Waals surface area contributed by atoms with Crippen molar-refractivity contribution < 1.29 is 9.59 Å². The third kappa shape index (κ3) is 5.34. The summed E-state index contributed by atoms with van der Waals surface area (Å²) in [5, 5.41) is 5.61. The second kappa shape index (κ2) is 9.23. The van der Waals surface area contributed by atoms with Gasteiger partial charge in [0.1, 0.15) is 11.9 Å². The van der Waals surface area contributed by atoms with Crippen molar-refractivity contribution in [1.82, 2.24) is 25.5 Å². The fourth-order valence-corrected chi connectivity index (χ4v) is 3.10. The van der Waals surface area contributed by atoms with E-state index in [0.29, 0.717) is 18.9 Å². The van der Waals surface area contributed by atoms with E-state index in [1.54, 1.807) is 11.9 Å². The van der Waals surface area contributed by atoms with Crippen molar-refractivity contribution in [2.45, 2.75) is 33.0 Å². The van der Waals surface area contributed by atoms with Crippen LogP contribution in [0.3, 0.4) is 0 Å². The molecule has 0 fully saturated rings. The number of fused-ring (bicyclic) bond motifs is 1. The second-order valence-electron chi connectivity index (χ2n) is 7.43. The van der Waals surface area contributed by atoms with Crippen LogP contribution in [0, 0.1) is 5.92 Å². The number of carbonyl (C=O) groups is 2. The molecular weight excluding hydrogens is 366 g/mol. The molecule has 1 unspecified atom stereocenters. The van der Waals surface area contributed by atoms with Crippen LogP contribution in [0.15, 0.2) is 54.6 Å². The third-order valence-electron chi connectivity index (χ3n) is 4.72. The van der Waals surface area contributed by atoms with Crippen LogP contribution in [-0.2, 0) is 17.9 Å². The van der Waals surface area contributed by atoms with Gasteiger partial charge in [-0.3, -0.25) is 4.79 Å². The number of hydrogen-bond acceptors (Lipinski definition) is 3. The normalized spacial score (nSPS) is 12.0. The van der Waals surface area contributed by atoms with Gasteiger partial charge in [-0.2, -0.15) is 0 Å². The predicted octanol–water partition coefficient (Wildman–Crippen LogP) is 3.05. The van der Waals surface area contributed by atoms with Crippen molar-refractivity contribution >= 4 is 23.0 Å². The van der Waals surface area contributed by atoms with E-state index in [1.165, 1.54) is 0 Å². The molecule has 0 radical (unpaired) electrons. The Bertz CT molecular complexity index is 935. The summed E-state index contributed by atoms with van der Waals surface area (Å²) >= 11 is 0. The molecule has 7 heteroatoms. The first-order valence-corrected chi connectivity index (χ1v) is 9.71. The first kappa shape index (κ1) is 20.4. The van der Waals surface area contributed by atoms with Gasteiger partial charge >= 0.3 is 6.03 Å². The molecule has 0 saturated carbocycles. The van der Waals surface area contributed by atoms with Crippen molar-refractivity contribution in [1.29, 1.82) is 0 Å². The Labute approximate surface area is 170 Å². The molecule has 0 spiro atoms. The van der Waals surface area contributed by atoms with Crippen molar-refractivity contribution in [3.8, 4) is 0 Å². The van der Waals surface area contributed by atoms with Crippen LogP contribution in [-0.4, -0.2) is 39.9 Å². The van der Waals surface area contributed by atoms with Gasteiger partial charge in [0.15, 0.2) is 0 Å². The van der Waals surface area contributed by atoms with E-state index in [4.69, 9.17) is 0 Å². The lowest BCUT2D eigenvalue weighted by Crippen LogP contribution is -2.52. The molecule has 152 valence electrons. The van der Waals surface area contributed by atoms with E-state index in [2.05, 4.69) is 20.6 Å². The lowest BCUT2D eigenvalue weighted by molar-refractivity contribution is -0.133. The highest BCUT2D eigenvalue weighted by atomic mass is 16.2. The average molecular weight is 393 g/mol. The first-order chi connectivity index (χ1) is 13.9. The molecule has 0 aliphatic heterocycles. The highest BCUT2D eigenvalue weighted by Gasteiger charge is 2.27. The van der Waals surface area contributed by atoms with Gasteiger partial charge in [0.2, 0.25) is 5.91 Å². The van der Waals surface area contributed by atoms with Gasteiger partial charge in [-0.1, -0.05) is 56.3 Å². The quantitative estimate of drug-likeness (QED) is 0.576. The SMILES string of the molecule is CC(C)C(NC(=O)NCc1ccccc1)C(=O)N(C)Cc1nc2ccccc2[nH]1. The Kier molecular flexibility index (Phi) is 6.49. The van der Waals surface area contributed by atoms with Crippen LogP contribution in [0.5, 0.6) is 0 Å². The van der Waals surface area contributed by atoms with Crippen molar-refractivity contribution in [3.63, 3.8) is 0 Å². The Morgan fingerprint density at radius 3 is 2.45 bits per heavy atom. The summed E-state index contributed by atoms with van der Waals surface area (Å²) in [5.41, 5.74) is 2.79. The lowest BCUT2D eigenvalue weighted by Gasteiger charge is -2.26. The molecule has 1 heterocycles. The molecule has 1 atom stereocenters. The Morgan fingerprint density at radius 1 is 1.07 bits per heavy atom. The summed E-state index contributed by atoms with van der Waals surface area (Å²) in [7, 11) is 1.72. The molecule has 0 bridgehead atoms. The predicted molar refractivity (Wildman–Crippen MR) is 113 cm³/mol. The van der Waals surface area contributed by atoms with Crippen LogP contribution in [0.2, 0.25) is 0 Å². The number of urea groups is 1. The van der Waals surface area contributed by atoms with Crippen molar-refractivity contribution in [2.24, 2.45) is 5.92 Å². The van der Waals surface area contributed by atoms with Crippen LogP contribution < -0.4 is 10.6 Å². The van der Waals surface area contributed by atoms with Crippen LogP contribution >= 0.6 is 0 Å². The monoisotopic (exact) mass is 393 g/mol. The minimum Gasteiger partial charge on any atom is -0.340 e. The third-order valence-corrected chi connectivity index (χ3v) is 4.72. The van der Waals surface area contributed by atoms with Crippen LogP contribution in [0.4, 0.5) is 4.79 Å². The molecule has 0 aliphatic carbocycles. The minimum atomic E-state index is -0.625. The van der Waals surface area contributed by atoms with E-state index in [9.17, 15) is 9.59 Å². The molecule has 3 amide bonds. The van der Waals surface area contributed by atoms with E-state index in [0.717, 1.165) is 16.6 Å². The first-order valence-electron chi connectivity index (χ1n) is 9.71. The molecule has 0 saturated heterocycles. The highest BCUT2D eigenvalue weighted by Crippen LogP contribution is 2.13. The van der Waals surface area contributed by atoms with Gasteiger partial charge in [-0.25, -0.2) is 9.78 Å². The van der Waals surface area contributed by atoms with Gasteiger partial charge in [-0.15, -0.1) is 0 Å². The summed E-state index contributed by atoms with van der Waals surface area (Å²) in [6, 6.07) is 16.4. The molecule has 3 aromatic rings. The zero-order valence-corrected chi connectivity index (χ0v) is 17.0. The number of rotatable bonds is 7. The average Bonchev–Trinajstić information content (AvgIpc) is 3.12. The van der Waals surface area contributed by atoms with Crippen molar-refractivity contribution in [2.75, 3.05) is 7.05 Å². The molecule has 1 aromatic heterocycles. The van der Waals surface area contributed by atoms with E-state index in [-0.39, 0.29) is 17.9 Å². The maximum Gasteiger partial charge on any atom is 0.315 e. The van der Waals surface area contributed by atoms with Gasteiger partial charge in [0.25, 0.3) is 0 Å². The maximum absolute atomic E-state index is 13.0. The summed E-state index contributed by atoms with van der Waals surface area (Å²) in [6.45, 7) is 4.56. The number of imidazole rings is 1. The fourth-order valence-electron chi connectivity index (χ4n) is 3.10. The topological polar surface area (TPSA) is 90.1 Å². The Balaban J connectivity index is 1.59. The number of para-hydroxylation sites is 2. The van der Waals surface area contributed by atoms with Gasteiger partial charge in [0, 0.05) is 13.6 Å². The van der Waals surface area contributed by atoms with E-state index >= 15 is 0 Å². The number of carbonyl (C=O) groups excluding carboxylic acids is 2. The number of hydrogen-bond donors (Lipinski definition) is 3. The summed E-state index contributed by atoms with van der Waals surface area (Å²) in [5.74, 6) is 0.497. The minimum absolute atomic E-state index is 0.0527. The number of amides is 3. The number of likely N-dealkylation sites (N-methyl/N-ethyl adjacent to an activating group) is 1. The maximum atomic E-state index is 13.0. The second-order valence-corrected chi connectivity index (χ2v) is 7.43. The summed E-state index contributed by atoms with van der Waals surface area (Å²) in [4.78, 5) is 34.6. The standard InChI is InChI=1S/C22H27N5O2/c1-15(2)20(26-22(29)23-13-16-9-5-4-6-10-16)21(28)27(3)14-19-24-17-11-7-8-12-18(17)25-19/h4-12,15,20H,13-14H2,1-3H3,(H,24,25)(H2,23,26,29). The molecular formula is C22H27N5O2. The lowest BCUT2D eigenvalue weighted by atomic mass is 10.0. The molecule has 3 rings (SSSR count). The molecule has 29 heavy (non-hydrogen) atoms. The smallest absolute Gasteiger partial charge is 0.315 e. The van der Waals surface area contributed by atoms with Crippen LogP contribution in [0.1, 0.15) is 25.2 Å². The van der Waals surface area contributed by atoms with Gasteiger partial charge < -0.3 is 20.5 Å². The van der Waals surface area contributed by atoms with E-state index in [1.807, 2.05) is 68.4 Å². The summed E-state index contributed by atoms with van der Waals surface area (Å²) < 4.78 is 0.